The first-order valence-electron chi connectivity index (χ1n) is 7.76. The Balaban J connectivity index is 2.41. The third kappa shape index (κ3) is 5.27. The first kappa shape index (κ1) is 16.0. The van der Waals surface area contributed by atoms with E-state index in [2.05, 4.69) is 34.6 Å². The maximum absolute atomic E-state index is 5.12. The minimum Gasteiger partial charge on any atom is -0.198 e. The SMILES string of the molecule is CCCCC(C)(C)CCC(C)(CCCC)C1OO1. The van der Waals surface area contributed by atoms with E-state index in [1.54, 1.807) is 0 Å². The summed E-state index contributed by atoms with van der Waals surface area (Å²) in [6.45, 7) is 11.7. The van der Waals surface area contributed by atoms with Crippen molar-refractivity contribution in [2.24, 2.45) is 10.8 Å². The van der Waals surface area contributed by atoms with Gasteiger partial charge in [-0.15, -0.1) is 0 Å². The van der Waals surface area contributed by atoms with Crippen molar-refractivity contribution in [1.29, 1.82) is 0 Å². The van der Waals surface area contributed by atoms with Crippen LogP contribution in [0.1, 0.15) is 86.0 Å². The molecule has 0 aromatic heterocycles. The smallest absolute Gasteiger partial charge is 0.198 e. The van der Waals surface area contributed by atoms with E-state index in [9.17, 15) is 0 Å². The van der Waals surface area contributed by atoms with Gasteiger partial charge in [0.2, 0.25) is 6.29 Å². The summed E-state index contributed by atoms with van der Waals surface area (Å²) in [6.07, 6.45) is 10.3. The zero-order chi connectivity index (χ0) is 13.6. The Morgan fingerprint density at radius 3 is 1.83 bits per heavy atom. The Hall–Kier alpha value is -0.0800. The second-order valence-corrected chi connectivity index (χ2v) is 7.05. The molecule has 1 fully saturated rings. The maximum atomic E-state index is 5.12. The summed E-state index contributed by atoms with van der Waals surface area (Å²) in [6, 6.07) is 0. The molecular weight excluding hydrogens is 224 g/mol. The molecule has 0 aromatic rings. The molecule has 0 aromatic carbocycles. The predicted molar refractivity (Wildman–Crippen MR) is 76.1 cm³/mol. The topological polar surface area (TPSA) is 25.1 Å². The van der Waals surface area contributed by atoms with Crippen LogP contribution in [0.4, 0.5) is 0 Å². The Labute approximate surface area is 113 Å². The van der Waals surface area contributed by atoms with Gasteiger partial charge in [-0.25, -0.2) is 0 Å². The third-order valence-electron chi connectivity index (χ3n) is 4.44. The van der Waals surface area contributed by atoms with Gasteiger partial charge in [0, 0.05) is 5.41 Å². The van der Waals surface area contributed by atoms with Crippen molar-refractivity contribution in [2.75, 3.05) is 0 Å². The lowest BCUT2D eigenvalue weighted by atomic mass is 9.73. The standard InChI is InChI=1S/C16H32O2/c1-6-8-10-15(3,4)12-13-16(5,11-9-7-2)14-17-18-14/h14H,6-13H2,1-5H3. The molecule has 0 bridgehead atoms. The Morgan fingerprint density at radius 2 is 1.33 bits per heavy atom. The fraction of sp³-hybridized carbons (Fsp3) is 1.00. The zero-order valence-corrected chi connectivity index (χ0v) is 13.1. The van der Waals surface area contributed by atoms with Crippen LogP contribution in [0.25, 0.3) is 0 Å². The minimum atomic E-state index is 0.0611. The molecule has 1 atom stereocenters. The lowest BCUT2D eigenvalue weighted by Crippen LogP contribution is -2.26. The van der Waals surface area contributed by atoms with Crippen LogP contribution in [0, 0.1) is 10.8 Å². The van der Waals surface area contributed by atoms with E-state index in [-0.39, 0.29) is 11.7 Å². The summed E-state index contributed by atoms with van der Waals surface area (Å²) < 4.78 is 0. The van der Waals surface area contributed by atoms with Crippen molar-refractivity contribution in [3.63, 3.8) is 0 Å². The monoisotopic (exact) mass is 256 g/mol. The Morgan fingerprint density at radius 1 is 0.778 bits per heavy atom. The van der Waals surface area contributed by atoms with Crippen LogP contribution < -0.4 is 0 Å². The third-order valence-corrected chi connectivity index (χ3v) is 4.44. The van der Waals surface area contributed by atoms with E-state index in [1.807, 2.05) is 0 Å². The molecule has 1 saturated heterocycles. The quantitative estimate of drug-likeness (QED) is 0.382. The fourth-order valence-corrected chi connectivity index (χ4v) is 2.61. The van der Waals surface area contributed by atoms with Gasteiger partial charge in [0.25, 0.3) is 0 Å². The first-order chi connectivity index (χ1) is 8.43. The molecule has 1 aliphatic heterocycles. The van der Waals surface area contributed by atoms with Gasteiger partial charge in [0.1, 0.15) is 0 Å². The zero-order valence-electron chi connectivity index (χ0n) is 13.1. The molecule has 108 valence electrons. The summed E-state index contributed by atoms with van der Waals surface area (Å²) in [5, 5.41) is 0. The molecule has 2 nitrogen and oxygen atoms in total. The molecule has 0 aliphatic carbocycles. The van der Waals surface area contributed by atoms with Gasteiger partial charge in [-0.05, 0) is 31.1 Å². The van der Waals surface area contributed by atoms with E-state index in [0.29, 0.717) is 5.41 Å². The Bertz CT molecular complexity index is 233. The summed E-state index contributed by atoms with van der Waals surface area (Å²) in [4.78, 5) is 10.2. The molecule has 1 aliphatic rings. The number of unbranched alkanes of at least 4 members (excludes halogenated alkanes) is 2. The highest BCUT2D eigenvalue weighted by Crippen LogP contribution is 2.45. The summed E-state index contributed by atoms with van der Waals surface area (Å²) in [5.74, 6) is 0. The number of rotatable bonds is 10. The van der Waals surface area contributed by atoms with Crippen LogP contribution in [0.5, 0.6) is 0 Å². The van der Waals surface area contributed by atoms with Gasteiger partial charge < -0.3 is 0 Å². The van der Waals surface area contributed by atoms with Gasteiger partial charge in [-0.3, -0.25) is 0 Å². The van der Waals surface area contributed by atoms with Crippen LogP contribution in [-0.4, -0.2) is 6.29 Å². The molecule has 18 heavy (non-hydrogen) atoms. The van der Waals surface area contributed by atoms with Gasteiger partial charge in [0.15, 0.2) is 0 Å². The lowest BCUT2D eigenvalue weighted by molar-refractivity contribution is 0.0850. The summed E-state index contributed by atoms with van der Waals surface area (Å²) in [7, 11) is 0. The number of hydrogen-bond donors (Lipinski definition) is 0. The van der Waals surface area contributed by atoms with Crippen molar-refractivity contribution in [2.45, 2.75) is 92.3 Å². The van der Waals surface area contributed by atoms with Crippen molar-refractivity contribution >= 4 is 0 Å². The lowest BCUT2D eigenvalue weighted by Gasteiger charge is -2.31. The van der Waals surface area contributed by atoms with E-state index in [4.69, 9.17) is 9.78 Å². The van der Waals surface area contributed by atoms with Crippen LogP contribution in [0.2, 0.25) is 0 Å². The van der Waals surface area contributed by atoms with Crippen LogP contribution in [0.15, 0.2) is 0 Å². The number of hydrogen-bond acceptors (Lipinski definition) is 2. The molecule has 0 spiro atoms. The largest absolute Gasteiger partial charge is 0.229 e. The highest BCUT2D eigenvalue weighted by Gasteiger charge is 2.46. The average molecular weight is 256 g/mol. The van der Waals surface area contributed by atoms with E-state index < -0.39 is 0 Å². The molecular formula is C16H32O2. The molecule has 1 unspecified atom stereocenters. The van der Waals surface area contributed by atoms with Gasteiger partial charge in [0.05, 0.1) is 0 Å². The van der Waals surface area contributed by atoms with Crippen molar-refractivity contribution in [1.82, 2.24) is 0 Å². The summed E-state index contributed by atoms with van der Waals surface area (Å²) >= 11 is 0. The highest BCUT2D eigenvalue weighted by atomic mass is 17.4. The van der Waals surface area contributed by atoms with E-state index in [1.165, 1.54) is 51.4 Å². The molecule has 0 amide bonds. The van der Waals surface area contributed by atoms with Crippen LogP contribution in [-0.2, 0) is 9.78 Å². The highest BCUT2D eigenvalue weighted by molar-refractivity contribution is 4.83. The van der Waals surface area contributed by atoms with E-state index >= 15 is 0 Å². The molecule has 0 N–H and O–H groups in total. The molecule has 1 heterocycles. The normalized spacial score (nSPS) is 19.8. The van der Waals surface area contributed by atoms with Crippen molar-refractivity contribution in [3.05, 3.63) is 0 Å². The van der Waals surface area contributed by atoms with Crippen LogP contribution >= 0.6 is 0 Å². The maximum Gasteiger partial charge on any atom is 0.229 e. The molecule has 2 heteroatoms. The fourth-order valence-electron chi connectivity index (χ4n) is 2.61. The molecule has 0 radical (unpaired) electrons. The Kier molecular flexibility index (Phi) is 6.13. The first-order valence-corrected chi connectivity index (χ1v) is 7.76. The van der Waals surface area contributed by atoms with Crippen molar-refractivity contribution in [3.8, 4) is 0 Å². The van der Waals surface area contributed by atoms with Crippen LogP contribution in [0.3, 0.4) is 0 Å². The second-order valence-electron chi connectivity index (χ2n) is 7.05. The molecule has 1 rings (SSSR count). The minimum absolute atomic E-state index is 0.0611. The van der Waals surface area contributed by atoms with E-state index in [0.717, 1.165) is 0 Å². The second kappa shape index (κ2) is 6.91. The predicted octanol–water partition coefficient (Wildman–Crippen LogP) is 5.47. The summed E-state index contributed by atoms with van der Waals surface area (Å²) in [5.41, 5.74) is 0.678. The molecule has 0 saturated carbocycles. The van der Waals surface area contributed by atoms with Gasteiger partial charge in [-0.1, -0.05) is 60.3 Å². The van der Waals surface area contributed by atoms with Gasteiger partial charge in [-0.2, -0.15) is 9.78 Å². The van der Waals surface area contributed by atoms with Gasteiger partial charge >= 0.3 is 0 Å². The average Bonchev–Trinajstić information content (AvgIpc) is 3.16. The van der Waals surface area contributed by atoms with Crippen molar-refractivity contribution < 1.29 is 9.78 Å².